The van der Waals surface area contributed by atoms with Gasteiger partial charge in [0.1, 0.15) is 0 Å². The van der Waals surface area contributed by atoms with Crippen LogP contribution in [0.4, 0.5) is 5.69 Å². The van der Waals surface area contributed by atoms with Crippen LogP contribution < -0.4 is 19.9 Å². The lowest BCUT2D eigenvalue weighted by molar-refractivity contribution is -0.115. The predicted molar refractivity (Wildman–Crippen MR) is 113 cm³/mol. The average Bonchev–Trinajstić information content (AvgIpc) is 3.29. The largest absolute Gasteiger partial charge is 0.454 e. The maximum absolute atomic E-state index is 12.7. The number of benzene rings is 2. The van der Waals surface area contributed by atoms with Gasteiger partial charge in [-0.1, -0.05) is 11.8 Å². The molecule has 1 aliphatic heterocycles. The number of carbonyl (C=O) groups is 1. The molecular weight excluding hydrogens is 428 g/mol. The second-order valence-electron chi connectivity index (χ2n) is 6.65. The number of rotatable bonds is 6. The number of nitrogens with one attached hydrogen (secondary N) is 1. The van der Waals surface area contributed by atoms with E-state index < -0.39 is 15.3 Å². The lowest BCUT2D eigenvalue weighted by Gasteiger charge is -2.13. The Bertz CT molecular complexity index is 1240. The monoisotopic (exact) mass is 448 g/mol. The molecule has 0 saturated heterocycles. The molecule has 1 aliphatic rings. The fraction of sp³-hybridized carbons (Fsp3) is 0.263. The van der Waals surface area contributed by atoms with E-state index in [4.69, 9.17) is 14.6 Å². The van der Waals surface area contributed by atoms with Crippen LogP contribution in [0.2, 0.25) is 0 Å². The van der Waals surface area contributed by atoms with Crippen molar-refractivity contribution in [1.29, 1.82) is 0 Å². The predicted octanol–water partition coefficient (Wildman–Crippen LogP) is 2.55. The van der Waals surface area contributed by atoms with Crippen LogP contribution in [0.3, 0.4) is 0 Å². The first kappa shape index (κ1) is 20.5. The van der Waals surface area contributed by atoms with Gasteiger partial charge < -0.3 is 19.4 Å². The Hall–Kier alpha value is -2.76. The van der Waals surface area contributed by atoms with Crippen LogP contribution in [0.1, 0.15) is 13.8 Å². The fourth-order valence-corrected chi connectivity index (χ4v) is 4.61. The summed E-state index contributed by atoms with van der Waals surface area (Å²) in [6.45, 7) is 4.52. The molecule has 0 aliphatic carbocycles. The second-order valence-corrected chi connectivity index (χ2v) is 9.52. The molecule has 11 heteroatoms. The number of carbonyl (C=O) groups excluding carboxylic acids is 1. The van der Waals surface area contributed by atoms with Crippen molar-refractivity contribution in [2.75, 3.05) is 12.1 Å². The molecule has 1 atom stereocenters. The Labute approximate surface area is 177 Å². The molecule has 0 unspecified atom stereocenters. The number of fused-ring (bicyclic) bond motifs is 2. The molecule has 3 aromatic rings. The number of anilines is 1. The van der Waals surface area contributed by atoms with Gasteiger partial charge in [0.15, 0.2) is 16.7 Å². The van der Waals surface area contributed by atoms with Crippen molar-refractivity contribution in [2.24, 2.45) is 5.14 Å². The molecule has 2 heterocycles. The minimum atomic E-state index is -3.82. The number of sulfonamides is 1. The molecule has 4 rings (SSSR count). The highest BCUT2D eigenvalue weighted by Crippen LogP contribution is 2.35. The number of hydrogen-bond donors (Lipinski definition) is 2. The first-order chi connectivity index (χ1) is 14.3. The Kier molecular flexibility index (Phi) is 5.35. The smallest absolute Gasteiger partial charge is 0.238 e. The normalized spacial score (nSPS) is 14.1. The van der Waals surface area contributed by atoms with Crippen LogP contribution >= 0.6 is 11.8 Å². The van der Waals surface area contributed by atoms with Gasteiger partial charge in [-0.25, -0.2) is 18.5 Å². The van der Waals surface area contributed by atoms with Gasteiger partial charge in [-0.2, -0.15) is 0 Å². The van der Waals surface area contributed by atoms with Crippen molar-refractivity contribution >= 4 is 44.4 Å². The Morgan fingerprint density at radius 1 is 1.27 bits per heavy atom. The number of ether oxygens (including phenoxy) is 2. The van der Waals surface area contributed by atoms with E-state index in [0.29, 0.717) is 34.4 Å². The molecule has 2 aromatic carbocycles. The lowest BCUT2D eigenvalue weighted by atomic mass is 10.2. The Morgan fingerprint density at radius 3 is 2.77 bits per heavy atom. The molecule has 30 heavy (non-hydrogen) atoms. The summed E-state index contributed by atoms with van der Waals surface area (Å²) in [5, 5.41) is 8.25. The zero-order chi connectivity index (χ0) is 21.5. The maximum Gasteiger partial charge on any atom is 0.238 e. The number of amides is 1. The third-order valence-corrected chi connectivity index (χ3v) is 6.62. The van der Waals surface area contributed by atoms with E-state index in [2.05, 4.69) is 10.3 Å². The van der Waals surface area contributed by atoms with Crippen molar-refractivity contribution in [3.8, 4) is 11.5 Å². The number of primary sulfonamides is 1. The summed E-state index contributed by atoms with van der Waals surface area (Å²) >= 11 is 1.29. The summed E-state index contributed by atoms with van der Waals surface area (Å²) in [4.78, 5) is 17.2. The van der Waals surface area contributed by atoms with E-state index in [9.17, 15) is 13.2 Å². The number of nitrogens with two attached hydrogens (primary N) is 1. The SMILES string of the molecule is CCn1c(S[C@H](C)C(=O)Nc2ccc3c(c2)OCO3)nc2cc(S(N)(=O)=O)ccc21. The van der Waals surface area contributed by atoms with Crippen molar-refractivity contribution in [3.05, 3.63) is 36.4 Å². The molecule has 0 fully saturated rings. The average molecular weight is 449 g/mol. The number of aryl methyl sites for hydroxylation is 1. The highest BCUT2D eigenvalue weighted by molar-refractivity contribution is 8.00. The summed E-state index contributed by atoms with van der Waals surface area (Å²) in [6, 6.07) is 9.78. The van der Waals surface area contributed by atoms with Gasteiger partial charge in [-0.05, 0) is 44.2 Å². The molecular formula is C19H20N4O5S2. The van der Waals surface area contributed by atoms with Crippen molar-refractivity contribution in [3.63, 3.8) is 0 Å². The van der Waals surface area contributed by atoms with Gasteiger partial charge in [0.25, 0.3) is 0 Å². The lowest BCUT2D eigenvalue weighted by Crippen LogP contribution is -2.22. The fourth-order valence-electron chi connectivity index (χ4n) is 3.09. The quantitative estimate of drug-likeness (QED) is 0.555. The summed E-state index contributed by atoms with van der Waals surface area (Å²) in [5.74, 6) is 1.04. The molecule has 0 bridgehead atoms. The maximum atomic E-state index is 12.7. The van der Waals surface area contributed by atoms with Crippen molar-refractivity contribution in [2.45, 2.75) is 35.7 Å². The first-order valence-corrected chi connectivity index (χ1v) is 11.6. The molecule has 3 N–H and O–H groups in total. The molecule has 158 valence electrons. The van der Waals surface area contributed by atoms with E-state index in [-0.39, 0.29) is 17.6 Å². The summed E-state index contributed by atoms with van der Waals surface area (Å²) in [7, 11) is -3.82. The number of hydrogen-bond acceptors (Lipinski definition) is 7. The summed E-state index contributed by atoms with van der Waals surface area (Å²) in [5.41, 5.74) is 1.89. The van der Waals surface area contributed by atoms with Gasteiger partial charge in [0.05, 0.1) is 21.2 Å². The van der Waals surface area contributed by atoms with Crippen LogP contribution in [0.5, 0.6) is 11.5 Å². The van der Waals surface area contributed by atoms with Crippen molar-refractivity contribution in [1.82, 2.24) is 9.55 Å². The van der Waals surface area contributed by atoms with E-state index >= 15 is 0 Å². The number of aromatic nitrogens is 2. The summed E-state index contributed by atoms with van der Waals surface area (Å²) < 4.78 is 35.8. The standard InChI is InChI=1S/C19H20N4O5S2/c1-3-23-15-6-5-13(30(20,25)26)9-14(15)22-19(23)29-11(2)18(24)21-12-4-7-16-17(8-12)28-10-27-16/h4-9,11H,3,10H2,1-2H3,(H,21,24)(H2,20,25,26)/t11-/m1/s1. The van der Waals surface area contributed by atoms with E-state index in [1.807, 2.05) is 11.5 Å². The van der Waals surface area contributed by atoms with E-state index in [1.54, 1.807) is 31.2 Å². The zero-order valence-corrected chi connectivity index (χ0v) is 17.9. The third-order valence-electron chi connectivity index (χ3n) is 4.62. The van der Waals surface area contributed by atoms with Crippen LogP contribution in [-0.2, 0) is 21.4 Å². The highest BCUT2D eigenvalue weighted by atomic mass is 32.2. The topological polar surface area (TPSA) is 126 Å². The highest BCUT2D eigenvalue weighted by Gasteiger charge is 2.21. The number of imidazole rings is 1. The van der Waals surface area contributed by atoms with Gasteiger partial charge in [-0.15, -0.1) is 0 Å². The van der Waals surface area contributed by atoms with Crippen molar-refractivity contribution < 1.29 is 22.7 Å². The van der Waals surface area contributed by atoms with Gasteiger partial charge >= 0.3 is 0 Å². The summed E-state index contributed by atoms with van der Waals surface area (Å²) in [6.07, 6.45) is 0. The molecule has 9 nitrogen and oxygen atoms in total. The van der Waals surface area contributed by atoms with Gasteiger partial charge in [0, 0.05) is 18.3 Å². The number of thioether (sulfide) groups is 1. The van der Waals surface area contributed by atoms with E-state index in [1.165, 1.54) is 23.9 Å². The minimum Gasteiger partial charge on any atom is -0.454 e. The zero-order valence-electron chi connectivity index (χ0n) is 16.3. The van der Waals surface area contributed by atoms with Crippen LogP contribution in [-0.4, -0.2) is 35.9 Å². The van der Waals surface area contributed by atoms with Gasteiger partial charge in [-0.3, -0.25) is 4.79 Å². The number of nitrogens with zero attached hydrogens (tertiary/aromatic N) is 2. The Morgan fingerprint density at radius 2 is 2.03 bits per heavy atom. The molecule has 1 aromatic heterocycles. The van der Waals surface area contributed by atoms with Crippen LogP contribution in [0.25, 0.3) is 11.0 Å². The third kappa shape index (κ3) is 3.95. The molecule has 0 spiro atoms. The van der Waals surface area contributed by atoms with Crippen LogP contribution in [0.15, 0.2) is 46.5 Å². The first-order valence-electron chi connectivity index (χ1n) is 9.16. The molecule has 0 radical (unpaired) electrons. The van der Waals surface area contributed by atoms with E-state index in [0.717, 1.165) is 5.52 Å². The second kappa shape index (κ2) is 7.82. The molecule has 0 saturated carbocycles. The van der Waals surface area contributed by atoms with Crippen LogP contribution in [0, 0.1) is 0 Å². The Balaban J connectivity index is 1.54. The van der Waals surface area contributed by atoms with Gasteiger partial charge in [0.2, 0.25) is 22.7 Å². The molecule has 1 amide bonds. The minimum absolute atomic E-state index is 0.000836.